The maximum atomic E-state index is 5.95. The van der Waals surface area contributed by atoms with E-state index in [1.165, 1.54) is 17.9 Å². The maximum Gasteiger partial charge on any atom is 0.0906 e. The third-order valence-corrected chi connectivity index (χ3v) is 3.47. The Balaban J connectivity index is 1.79. The second-order valence-electron chi connectivity index (χ2n) is 3.66. The number of nitrogens with one attached hydrogen (secondary N) is 1. The Hall–Kier alpha value is 0.270. The van der Waals surface area contributed by atoms with Gasteiger partial charge in [-0.15, -0.1) is 0 Å². The van der Waals surface area contributed by atoms with Crippen molar-refractivity contribution in [2.24, 2.45) is 0 Å². The second-order valence-corrected chi connectivity index (χ2v) is 4.81. The number of thioether (sulfide) groups is 1. The van der Waals surface area contributed by atoms with E-state index in [-0.39, 0.29) is 5.60 Å². The fourth-order valence-corrected chi connectivity index (χ4v) is 2.66. The molecule has 2 rings (SSSR count). The van der Waals surface area contributed by atoms with Gasteiger partial charge in [0.15, 0.2) is 0 Å². The van der Waals surface area contributed by atoms with Crippen molar-refractivity contribution in [3.8, 4) is 0 Å². The summed E-state index contributed by atoms with van der Waals surface area (Å²) in [5.41, 5.74) is 0.162. The molecule has 0 saturated carbocycles. The van der Waals surface area contributed by atoms with Gasteiger partial charge in [-0.2, -0.15) is 11.8 Å². The molecule has 1 unspecified atom stereocenters. The molecule has 0 spiro atoms. The van der Waals surface area contributed by atoms with Gasteiger partial charge < -0.3 is 10.1 Å². The number of hydrogen-bond donors (Lipinski definition) is 1. The summed E-state index contributed by atoms with van der Waals surface area (Å²) in [4.78, 5) is 0. The van der Waals surface area contributed by atoms with E-state index in [0.717, 1.165) is 13.1 Å². The Bertz CT molecular complexity index is 141. The van der Waals surface area contributed by atoms with Crippen LogP contribution in [0.2, 0.25) is 0 Å². The first-order chi connectivity index (χ1) is 5.29. The van der Waals surface area contributed by atoms with E-state index >= 15 is 0 Å². The first-order valence-electron chi connectivity index (χ1n) is 4.25. The van der Waals surface area contributed by atoms with E-state index in [1.54, 1.807) is 0 Å². The zero-order chi connectivity index (χ0) is 7.73. The summed E-state index contributed by atoms with van der Waals surface area (Å²) < 4.78 is 5.95. The first-order valence-corrected chi connectivity index (χ1v) is 5.40. The monoisotopic (exact) mass is 173 g/mol. The molecule has 0 aromatic carbocycles. The van der Waals surface area contributed by atoms with Crippen LogP contribution in [-0.2, 0) is 4.74 Å². The van der Waals surface area contributed by atoms with Crippen molar-refractivity contribution in [3.05, 3.63) is 0 Å². The summed E-state index contributed by atoms with van der Waals surface area (Å²) in [6.45, 7) is 4.27. The van der Waals surface area contributed by atoms with Crippen molar-refractivity contribution in [3.63, 3.8) is 0 Å². The molecule has 0 bridgehead atoms. The van der Waals surface area contributed by atoms with Crippen molar-refractivity contribution in [1.82, 2.24) is 5.32 Å². The van der Waals surface area contributed by atoms with E-state index in [1.807, 2.05) is 11.8 Å². The molecule has 3 heteroatoms. The third kappa shape index (κ3) is 1.71. The van der Waals surface area contributed by atoms with Gasteiger partial charge in [0, 0.05) is 18.8 Å². The van der Waals surface area contributed by atoms with Gasteiger partial charge in [-0.3, -0.25) is 0 Å². The Morgan fingerprint density at radius 3 is 2.82 bits per heavy atom. The minimum atomic E-state index is 0.162. The molecular formula is C8H15NOS. The lowest BCUT2D eigenvalue weighted by atomic mass is 9.99. The smallest absolute Gasteiger partial charge is 0.0906 e. The van der Waals surface area contributed by atoms with Crippen molar-refractivity contribution in [2.45, 2.75) is 25.0 Å². The van der Waals surface area contributed by atoms with Crippen molar-refractivity contribution >= 4 is 11.8 Å². The Labute approximate surface area is 72.1 Å². The van der Waals surface area contributed by atoms with Gasteiger partial charge in [0.05, 0.1) is 11.7 Å². The van der Waals surface area contributed by atoms with E-state index in [0.29, 0.717) is 6.10 Å². The summed E-state index contributed by atoms with van der Waals surface area (Å²) in [5, 5.41) is 3.24. The van der Waals surface area contributed by atoms with Crippen LogP contribution >= 0.6 is 11.8 Å². The second kappa shape index (κ2) is 2.96. The Morgan fingerprint density at radius 2 is 2.36 bits per heavy atom. The van der Waals surface area contributed by atoms with Gasteiger partial charge in [-0.1, -0.05) is 0 Å². The molecule has 0 amide bonds. The molecular weight excluding hydrogens is 158 g/mol. The highest BCUT2D eigenvalue weighted by molar-refractivity contribution is 7.99. The van der Waals surface area contributed by atoms with Gasteiger partial charge in [-0.05, 0) is 19.1 Å². The quantitative estimate of drug-likeness (QED) is 0.669. The van der Waals surface area contributed by atoms with Crippen LogP contribution in [0.25, 0.3) is 0 Å². The van der Waals surface area contributed by atoms with Gasteiger partial charge in [-0.25, -0.2) is 0 Å². The lowest BCUT2D eigenvalue weighted by Gasteiger charge is -2.41. The van der Waals surface area contributed by atoms with Crippen molar-refractivity contribution in [2.75, 3.05) is 24.6 Å². The van der Waals surface area contributed by atoms with Crippen molar-refractivity contribution in [1.29, 1.82) is 0 Å². The van der Waals surface area contributed by atoms with Crippen LogP contribution in [0.1, 0.15) is 13.3 Å². The summed E-state index contributed by atoms with van der Waals surface area (Å²) in [6.07, 6.45) is 1.78. The molecule has 2 aliphatic heterocycles. The van der Waals surface area contributed by atoms with Crippen LogP contribution in [0.5, 0.6) is 0 Å². The molecule has 0 radical (unpaired) electrons. The normalized spacial score (nSPS) is 35.2. The molecule has 2 aliphatic rings. The average molecular weight is 173 g/mol. The lowest BCUT2D eigenvalue weighted by Crippen LogP contribution is -2.60. The van der Waals surface area contributed by atoms with Crippen LogP contribution in [0, 0.1) is 0 Å². The van der Waals surface area contributed by atoms with Gasteiger partial charge >= 0.3 is 0 Å². The van der Waals surface area contributed by atoms with Crippen molar-refractivity contribution < 1.29 is 4.74 Å². The van der Waals surface area contributed by atoms with E-state index in [4.69, 9.17) is 4.74 Å². The minimum absolute atomic E-state index is 0.162. The molecule has 11 heavy (non-hydrogen) atoms. The first kappa shape index (κ1) is 7.90. The van der Waals surface area contributed by atoms with E-state index in [9.17, 15) is 0 Å². The molecule has 1 N–H and O–H groups in total. The molecule has 0 aromatic rings. The maximum absolute atomic E-state index is 5.95. The van der Waals surface area contributed by atoms with Crippen LogP contribution in [0.15, 0.2) is 0 Å². The molecule has 1 atom stereocenters. The zero-order valence-corrected chi connectivity index (χ0v) is 7.75. The molecule has 2 saturated heterocycles. The lowest BCUT2D eigenvalue weighted by molar-refractivity contribution is -0.101. The van der Waals surface area contributed by atoms with E-state index in [2.05, 4.69) is 12.2 Å². The Morgan fingerprint density at radius 1 is 1.55 bits per heavy atom. The summed E-state index contributed by atoms with van der Waals surface area (Å²) >= 11 is 2.01. The highest BCUT2D eigenvalue weighted by Crippen LogP contribution is 2.26. The number of rotatable bonds is 2. The molecule has 0 aromatic heterocycles. The minimum Gasteiger partial charge on any atom is -0.369 e. The standard InChI is InChI=1S/C8H15NOS/c1-8(5-9-6-8)10-7-2-3-11-4-7/h7,9H,2-6H2,1H3. The number of hydrogen-bond acceptors (Lipinski definition) is 3. The van der Waals surface area contributed by atoms with Crippen LogP contribution in [0.3, 0.4) is 0 Å². The molecule has 64 valence electrons. The molecule has 0 aliphatic carbocycles. The summed E-state index contributed by atoms with van der Waals surface area (Å²) in [7, 11) is 0. The molecule has 2 heterocycles. The largest absolute Gasteiger partial charge is 0.369 e. The molecule has 2 fully saturated rings. The topological polar surface area (TPSA) is 21.3 Å². The van der Waals surface area contributed by atoms with Crippen LogP contribution < -0.4 is 5.32 Å². The van der Waals surface area contributed by atoms with Gasteiger partial charge in [0.1, 0.15) is 0 Å². The zero-order valence-electron chi connectivity index (χ0n) is 6.93. The Kier molecular flexibility index (Phi) is 2.12. The summed E-state index contributed by atoms with van der Waals surface area (Å²) in [5.74, 6) is 2.49. The fraction of sp³-hybridized carbons (Fsp3) is 1.00. The number of ether oxygens (including phenoxy) is 1. The average Bonchev–Trinajstić information content (AvgIpc) is 2.36. The van der Waals surface area contributed by atoms with Gasteiger partial charge in [0.25, 0.3) is 0 Å². The van der Waals surface area contributed by atoms with Crippen LogP contribution in [-0.4, -0.2) is 36.3 Å². The highest BCUT2D eigenvalue weighted by Gasteiger charge is 2.35. The summed E-state index contributed by atoms with van der Waals surface area (Å²) in [6, 6.07) is 0. The predicted molar refractivity (Wildman–Crippen MR) is 48.1 cm³/mol. The predicted octanol–water partition coefficient (Wildman–Crippen LogP) is 0.870. The van der Waals surface area contributed by atoms with E-state index < -0.39 is 0 Å². The molecule has 2 nitrogen and oxygen atoms in total. The third-order valence-electron chi connectivity index (χ3n) is 2.34. The van der Waals surface area contributed by atoms with Gasteiger partial charge in [0.2, 0.25) is 0 Å². The highest BCUT2D eigenvalue weighted by atomic mass is 32.2. The fourth-order valence-electron chi connectivity index (χ4n) is 1.57. The SMILES string of the molecule is CC1(OC2CCSC2)CNC1. The van der Waals surface area contributed by atoms with Crippen LogP contribution in [0.4, 0.5) is 0 Å².